The average molecular weight is 305 g/mol. The first kappa shape index (κ1) is 15.5. The predicted molar refractivity (Wildman–Crippen MR) is 82.0 cm³/mol. The first-order valence-electron chi connectivity index (χ1n) is 6.75. The molecule has 1 heterocycles. The molecule has 0 aliphatic heterocycles. The Morgan fingerprint density at radius 1 is 1.24 bits per heavy atom. The molecule has 2 rings (SSSR count). The van der Waals surface area contributed by atoms with Crippen molar-refractivity contribution in [2.75, 3.05) is 6.54 Å². The van der Waals surface area contributed by atoms with Crippen LogP contribution in [0.5, 0.6) is 0 Å². The van der Waals surface area contributed by atoms with Gasteiger partial charge in [-0.3, -0.25) is 4.79 Å². The molecule has 4 nitrogen and oxygen atoms in total. The zero-order valence-corrected chi connectivity index (χ0v) is 12.3. The van der Waals surface area contributed by atoms with Crippen LogP contribution in [0.15, 0.2) is 48.7 Å². The monoisotopic (exact) mass is 304 g/mol. The molecule has 0 bridgehead atoms. The fourth-order valence-corrected chi connectivity index (χ4v) is 2.05. The van der Waals surface area contributed by atoms with Gasteiger partial charge in [0.25, 0.3) is 0 Å². The first-order chi connectivity index (χ1) is 10.1. The van der Waals surface area contributed by atoms with Gasteiger partial charge in [-0.1, -0.05) is 48.0 Å². The van der Waals surface area contributed by atoms with E-state index in [4.69, 9.17) is 11.6 Å². The molecule has 1 aromatic heterocycles. The Morgan fingerprint density at radius 2 is 2.00 bits per heavy atom. The van der Waals surface area contributed by atoms with E-state index in [9.17, 15) is 9.90 Å². The fourth-order valence-electron chi connectivity index (χ4n) is 1.94. The Kier molecular flexibility index (Phi) is 5.72. The number of rotatable bonds is 6. The van der Waals surface area contributed by atoms with Gasteiger partial charge < -0.3 is 10.4 Å². The Labute approximate surface area is 128 Å². The van der Waals surface area contributed by atoms with Gasteiger partial charge in [-0.05, 0) is 23.6 Å². The van der Waals surface area contributed by atoms with Gasteiger partial charge in [-0.15, -0.1) is 0 Å². The van der Waals surface area contributed by atoms with Crippen LogP contribution >= 0.6 is 11.6 Å². The summed E-state index contributed by atoms with van der Waals surface area (Å²) in [5.74, 6) is -0.173. The van der Waals surface area contributed by atoms with Crippen LogP contribution in [0.3, 0.4) is 0 Å². The van der Waals surface area contributed by atoms with E-state index in [0.29, 0.717) is 18.1 Å². The molecule has 21 heavy (non-hydrogen) atoms. The highest BCUT2D eigenvalue weighted by molar-refractivity contribution is 6.29. The number of hydrogen-bond donors (Lipinski definition) is 2. The molecular weight excluding hydrogens is 288 g/mol. The molecule has 1 atom stereocenters. The maximum absolute atomic E-state index is 11.8. The standard InChI is InChI=1S/C16H17ClN2O2/c17-15-7-6-12(11-19-15)8-9-18-16(21)10-14(20)13-4-2-1-3-5-13/h1-7,11,14,20H,8-10H2,(H,18,21). The van der Waals surface area contributed by atoms with Crippen LogP contribution in [0.1, 0.15) is 23.7 Å². The Morgan fingerprint density at radius 3 is 2.67 bits per heavy atom. The summed E-state index contributed by atoms with van der Waals surface area (Å²) in [6.45, 7) is 0.504. The van der Waals surface area contributed by atoms with Gasteiger partial charge in [0.2, 0.25) is 5.91 Å². The average Bonchev–Trinajstić information content (AvgIpc) is 2.50. The van der Waals surface area contributed by atoms with E-state index < -0.39 is 6.10 Å². The van der Waals surface area contributed by atoms with Crippen LogP contribution in [-0.4, -0.2) is 22.5 Å². The quantitative estimate of drug-likeness (QED) is 0.806. The molecule has 0 spiro atoms. The Hall–Kier alpha value is -1.91. The molecule has 0 aliphatic carbocycles. The normalized spacial score (nSPS) is 11.9. The lowest BCUT2D eigenvalue weighted by Gasteiger charge is -2.11. The molecule has 2 aromatic rings. The minimum Gasteiger partial charge on any atom is -0.388 e. The summed E-state index contributed by atoms with van der Waals surface area (Å²) in [5, 5.41) is 13.2. The summed E-state index contributed by atoms with van der Waals surface area (Å²) in [6, 6.07) is 12.7. The van der Waals surface area contributed by atoms with Gasteiger partial charge in [-0.2, -0.15) is 0 Å². The SMILES string of the molecule is O=C(CC(O)c1ccccc1)NCCc1ccc(Cl)nc1. The molecule has 2 N–H and O–H groups in total. The summed E-state index contributed by atoms with van der Waals surface area (Å²) >= 11 is 5.70. The highest BCUT2D eigenvalue weighted by atomic mass is 35.5. The van der Waals surface area contributed by atoms with Crippen molar-refractivity contribution >= 4 is 17.5 Å². The van der Waals surface area contributed by atoms with Gasteiger partial charge in [0.05, 0.1) is 12.5 Å². The Balaban J connectivity index is 1.73. The van der Waals surface area contributed by atoms with E-state index in [2.05, 4.69) is 10.3 Å². The molecule has 110 valence electrons. The lowest BCUT2D eigenvalue weighted by Crippen LogP contribution is -2.27. The molecule has 0 fully saturated rings. The van der Waals surface area contributed by atoms with Gasteiger partial charge in [0.1, 0.15) is 5.15 Å². The maximum Gasteiger partial charge on any atom is 0.222 e. The number of benzene rings is 1. The van der Waals surface area contributed by atoms with Crippen LogP contribution < -0.4 is 5.32 Å². The van der Waals surface area contributed by atoms with Crippen molar-refractivity contribution in [3.05, 3.63) is 64.9 Å². The van der Waals surface area contributed by atoms with Crippen LogP contribution in [0.4, 0.5) is 0 Å². The topological polar surface area (TPSA) is 62.2 Å². The minimum absolute atomic E-state index is 0.0584. The second-order valence-corrected chi connectivity index (χ2v) is 5.11. The van der Waals surface area contributed by atoms with Crippen LogP contribution in [0.25, 0.3) is 0 Å². The van der Waals surface area contributed by atoms with Crippen molar-refractivity contribution in [2.24, 2.45) is 0 Å². The number of carbonyl (C=O) groups is 1. The third kappa shape index (κ3) is 5.17. The number of aliphatic hydroxyl groups excluding tert-OH is 1. The minimum atomic E-state index is -0.775. The van der Waals surface area contributed by atoms with E-state index >= 15 is 0 Å². The zero-order chi connectivity index (χ0) is 15.1. The van der Waals surface area contributed by atoms with Gasteiger partial charge in [0, 0.05) is 12.7 Å². The van der Waals surface area contributed by atoms with E-state index in [1.54, 1.807) is 24.4 Å². The highest BCUT2D eigenvalue weighted by Crippen LogP contribution is 2.15. The second kappa shape index (κ2) is 7.76. The van der Waals surface area contributed by atoms with Crippen LogP contribution in [-0.2, 0) is 11.2 Å². The molecular formula is C16H17ClN2O2. The third-order valence-electron chi connectivity index (χ3n) is 3.09. The number of carbonyl (C=O) groups excluding carboxylic acids is 1. The molecule has 0 aliphatic rings. The smallest absolute Gasteiger partial charge is 0.222 e. The molecule has 1 amide bonds. The summed E-state index contributed by atoms with van der Waals surface area (Å²) in [6.07, 6.45) is 1.65. The molecule has 0 saturated carbocycles. The number of nitrogens with one attached hydrogen (secondary N) is 1. The largest absolute Gasteiger partial charge is 0.388 e. The fraction of sp³-hybridized carbons (Fsp3) is 0.250. The molecule has 0 radical (unpaired) electrons. The number of pyridine rings is 1. The number of halogens is 1. The van der Waals surface area contributed by atoms with Crippen molar-refractivity contribution in [1.82, 2.24) is 10.3 Å². The maximum atomic E-state index is 11.8. The summed E-state index contributed by atoms with van der Waals surface area (Å²) in [5.41, 5.74) is 1.75. The number of aromatic nitrogens is 1. The zero-order valence-electron chi connectivity index (χ0n) is 11.5. The molecule has 1 unspecified atom stereocenters. The van der Waals surface area contributed by atoms with Crippen molar-refractivity contribution in [3.63, 3.8) is 0 Å². The Bertz CT molecular complexity index is 573. The molecule has 5 heteroatoms. The summed E-state index contributed by atoms with van der Waals surface area (Å²) in [4.78, 5) is 15.7. The van der Waals surface area contributed by atoms with Crippen molar-refractivity contribution < 1.29 is 9.90 Å². The summed E-state index contributed by atoms with van der Waals surface area (Å²) < 4.78 is 0. The van der Waals surface area contributed by atoms with Gasteiger partial charge in [-0.25, -0.2) is 4.98 Å². The van der Waals surface area contributed by atoms with Crippen LogP contribution in [0.2, 0.25) is 5.15 Å². The second-order valence-electron chi connectivity index (χ2n) is 4.72. The lowest BCUT2D eigenvalue weighted by molar-refractivity contribution is -0.123. The predicted octanol–water partition coefficient (Wildman–Crippen LogP) is 2.52. The van der Waals surface area contributed by atoms with Gasteiger partial charge in [0.15, 0.2) is 0 Å². The number of nitrogens with zero attached hydrogens (tertiary/aromatic N) is 1. The van der Waals surface area contributed by atoms with E-state index in [1.165, 1.54) is 0 Å². The number of aliphatic hydroxyl groups is 1. The van der Waals surface area contributed by atoms with Crippen molar-refractivity contribution in [3.8, 4) is 0 Å². The van der Waals surface area contributed by atoms with E-state index in [1.807, 2.05) is 24.3 Å². The number of hydrogen-bond acceptors (Lipinski definition) is 3. The van der Waals surface area contributed by atoms with E-state index in [-0.39, 0.29) is 12.3 Å². The van der Waals surface area contributed by atoms with Gasteiger partial charge >= 0.3 is 0 Å². The van der Waals surface area contributed by atoms with Crippen molar-refractivity contribution in [2.45, 2.75) is 18.9 Å². The number of amides is 1. The van der Waals surface area contributed by atoms with Crippen molar-refractivity contribution in [1.29, 1.82) is 0 Å². The molecule has 0 saturated heterocycles. The summed E-state index contributed by atoms with van der Waals surface area (Å²) in [7, 11) is 0. The van der Waals surface area contributed by atoms with Crippen LogP contribution in [0, 0.1) is 0 Å². The molecule has 1 aromatic carbocycles. The third-order valence-corrected chi connectivity index (χ3v) is 3.31. The lowest BCUT2D eigenvalue weighted by atomic mass is 10.1. The van der Waals surface area contributed by atoms with E-state index in [0.717, 1.165) is 11.1 Å². The highest BCUT2D eigenvalue weighted by Gasteiger charge is 2.12. The first-order valence-corrected chi connectivity index (χ1v) is 7.13.